The summed E-state index contributed by atoms with van der Waals surface area (Å²) in [7, 11) is 0. The van der Waals surface area contributed by atoms with Crippen LogP contribution in [0.25, 0.3) is 0 Å². The zero-order valence-corrected chi connectivity index (χ0v) is 9.90. The molecule has 1 unspecified atom stereocenters. The number of aromatic nitrogens is 2. The van der Waals surface area contributed by atoms with Crippen LogP contribution >= 0.6 is 0 Å². The van der Waals surface area contributed by atoms with Gasteiger partial charge in [-0.1, -0.05) is 20.8 Å². The van der Waals surface area contributed by atoms with Crippen LogP contribution in [0.3, 0.4) is 0 Å². The van der Waals surface area contributed by atoms with Gasteiger partial charge in [0.2, 0.25) is 0 Å². The molecule has 1 atom stereocenters. The largest absolute Gasteiger partial charge is 0.333 e. The van der Waals surface area contributed by atoms with Crippen LogP contribution in [0.5, 0.6) is 0 Å². The van der Waals surface area contributed by atoms with Gasteiger partial charge in [0.1, 0.15) is 0 Å². The van der Waals surface area contributed by atoms with Gasteiger partial charge in [-0.3, -0.25) is 0 Å². The van der Waals surface area contributed by atoms with Crippen molar-refractivity contribution in [2.45, 2.75) is 51.6 Å². The molecule has 0 radical (unpaired) electrons. The Labute approximate surface area is 91.7 Å². The van der Waals surface area contributed by atoms with Gasteiger partial charge >= 0.3 is 0 Å². The van der Waals surface area contributed by atoms with E-state index < -0.39 is 0 Å². The molecule has 1 aromatic heterocycles. The third-order valence-corrected chi connectivity index (χ3v) is 3.12. The lowest BCUT2D eigenvalue weighted by molar-refractivity contribution is 0.456. The molecule has 0 bridgehead atoms. The summed E-state index contributed by atoms with van der Waals surface area (Å²) in [5.74, 6) is 0.750. The predicted octanol–water partition coefficient (Wildman–Crippen LogP) is 1.92. The summed E-state index contributed by atoms with van der Waals surface area (Å²) in [6.07, 6.45) is 6.48. The number of hydrogen-bond donors (Lipinski definition) is 1. The fourth-order valence-electron chi connectivity index (χ4n) is 1.99. The van der Waals surface area contributed by atoms with E-state index in [0.29, 0.717) is 6.04 Å². The molecule has 1 aliphatic rings. The molecule has 15 heavy (non-hydrogen) atoms. The summed E-state index contributed by atoms with van der Waals surface area (Å²) in [6.45, 7) is 7.55. The van der Waals surface area contributed by atoms with Gasteiger partial charge in [0, 0.05) is 29.9 Å². The average Bonchev–Trinajstić information content (AvgIpc) is 2.85. The van der Waals surface area contributed by atoms with Crippen molar-refractivity contribution < 1.29 is 0 Å². The first-order valence-corrected chi connectivity index (χ1v) is 5.74. The molecule has 84 valence electrons. The van der Waals surface area contributed by atoms with Crippen molar-refractivity contribution >= 4 is 0 Å². The van der Waals surface area contributed by atoms with Gasteiger partial charge in [-0.15, -0.1) is 0 Å². The topological polar surface area (TPSA) is 43.8 Å². The highest BCUT2D eigenvalue weighted by molar-refractivity contribution is 5.11. The standard InChI is InChI=1S/C12H21N3/c1-12(2,3)11-6-14-8-15(11)7-10(13)9-4-5-9/h6,8-10H,4-5,7,13H2,1-3H3. The first-order chi connectivity index (χ1) is 6.98. The number of rotatable bonds is 3. The van der Waals surface area contributed by atoms with E-state index in [1.54, 1.807) is 0 Å². The van der Waals surface area contributed by atoms with E-state index in [2.05, 4.69) is 30.3 Å². The van der Waals surface area contributed by atoms with E-state index in [0.717, 1.165) is 12.5 Å². The third kappa shape index (κ3) is 2.40. The Morgan fingerprint density at radius 2 is 2.20 bits per heavy atom. The number of nitrogens with two attached hydrogens (primary N) is 1. The van der Waals surface area contributed by atoms with Gasteiger partial charge in [0.25, 0.3) is 0 Å². The molecule has 1 fully saturated rings. The van der Waals surface area contributed by atoms with Crippen LogP contribution in [0, 0.1) is 5.92 Å². The summed E-state index contributed by atoms with van der Waals surface area (Å²) < 4.78 is 2.21. The number of hydrogen-bond acceptors (Lipinski definition) is 2. The predicted molar refractivity (Wildman–Crippen MR) is 61.6 cm³/mol. The van der Waals surface area contributed by atoms with Crippen molar-refractivity contribution in [2.75, 3.05) is 0 Å². The molecule has 3 nitrogen and oxygen atoms in total. The normalized spacial score (nSPS) is 19.2. The summed E-state index contributed by atoms with van der Waals surface area (Å²) in [5, 5.41) is 0. The maximum absolute atomic E-state index is 6.13. The quantitative estimate of drug-likeness (QED) is 0.823. The lowest BCUT2D eigenvalue weighted by Gasteiger charge is -2.22. The Bertz CT molecular complexity index is 331. The zero-order chi connectivity index (χ0) is 11.1. The van der Waals surface area contributed by atoms with Gasteiger partial charge in [-0.05, 0) is 18.8 Å². The Morgan fingerprint density at radius 3 is 2.73 bits per heavy atom. The summed E-state index contributed by atoms with van der Waals surface area (Å²) in [6, 6.07) is 0.306. The van der Waals surface area contributed by atoms with E-state index in [1.165, 1.54) is 18.5 Å². The second kappa shape index (κ2) is 3.63. The highest BCUT2D eigenvalue weighted by atomic mass is 15.1. The zero-order valence-electron chi connectivity index (χ0n) is 9.90. The van der Waals surface area contributed by atoms with Crippen molar-refractivity contribution in [3.05, 3.63) is 18.2 Å². The highest BCUT2D eigenvalue weighted by Gasteiger charge is 2.29. The first-order valence-electron chi connectivity index (χ1n) is 5.74. The maximum atomic E-state index is 6.13. The lowest BCUT2D eigenvalue weighted by Crippen LogP contribution is -2.30. The summed E-state index contributed by atoms with van der Waals surface area (Å²) in [5.41, 5.74) is 7.56. The number of nitrogens with zero attached hydrogens (tertiary/aromatic N) is 2. The van der Waals surface area contributed by atoms with Crippen LogP contribution in [0.4, 0.5) is 0 Å². The van der Waals surface area contributed by atoms with E-state index >= 15 is 0 Å². The van der Waals surface area contributed by atoms with E-state index in [4.69, 9.17) is 5.73 Å². The molecule has 1 aromatic rings. The molecule has 1 saturated carbocycles. The molecule has 2 rings (SSSR count). The van der Waals surface area contributed by atoms with Crippen molar-refractivity contribution in [3.8, 4) is 0 Å². The van der Waals surface area contributed by atoms with Gasteiger partial charge in [-0.25, -0.2) is 4.98 Å². The monoisotopic (exact) mass is 207 g/mol. The molecule has 1 heterocycles. The van der Waals surface area contributed by atoms with Crippen molar-refractivity contribution in [3.63, 3.8) is 0 Å². The maximum Gasteiger partial charge on any atom is 0.0948 e. The average molecular weight is 207 g/mol. The minimum Gasteiger partial charge on any atom is -0.333 e. The Hall–Kier alpha value is -0.830. The molecule has 0 aromatic carbocycles. The second-order valence-corrected chi connectivity index (χ2v) is 5.68. The fourth-order valence-corrected chi connectivity index (χ4v) is 1.99. The van der Waals surface area contributed by atoms with Crippen molar-refractivity contribution in [1.29, 1.82) is 0 Å². The molecule has 1 aliphatic carbocycles. The SMILES string of the molecule is CC(C)(C)c1cncn1CC(N)C1CC1. The van der Waals surface area contributed by atoms with Crippen LogP contribution in [-0.4, -0.2) is 15.6 Å². The van der Waals surface area contributed by atoms with Gasteiger partial charge in [0.05, 0.1) is 6.33 Å². The van der Waals surface area contributed by atoms with Crippen LogP contribution in [0.15, 0.2) is 12.5 Å². The number of imidazole rings is 1. The van der Waals surface area contributed by atoms with Crippen LogP contribution in [0.2, 0.25) is 0 Å². The highest BCUT2D eigenvalue weighted by Crippen LogP contribution is 2.32. The van der Waals surface area contributed by atoms with E-state index in [9.17, 15) is 0 Å². The van der Waals surface area contributed by atoms with Gasteiger partial charge in [0.15, 0.2) is 0 Å². The molecule has 0 amide bonds. The van der Waals surface area contributed by atoms with Crippen molar-refractivity contribution in [1.82, 2.24) is 9.55 Å². The van der Waals surface area contributed by atoms with Crippen LogP contribution < -0.4 is 5.73 Å². The Morgan fingerprint density at radius 1 is 1.53 bits per heavy atom. The molecule has 3 heteroatoms. The second-order valence-electron chi connectivity index (χ2n) is 5.68. The molecule has 0 saturated heterocycles. The first kappa shape index (κ1) is 10.7. The Kier molecular flexibility index (Phi) is 2.59. The summed E-state index contributed by atoms with van der Waals surface area (Å²) >= 11 is 0. The van der Waals surface area contributed by atoms with E-state index in [-0.39, 0.29) is 5.41 Å². The van der Waals surface area contributed by atoms with Gasteiger partial charge in [-0.2, -0.15) is 0 Å². The molecular weight excluding hydrogens is 186 g/mol. The van der Waals surface area contributed by atoms with Crippen LogP contribution in [0.1, 0.15) is 39.3 Å². The smallest absolute Gasteiger partial charge is 0.0948 e. The molecule has 0 spiro atoms. The van der Waals surface area contributed by atoms with Gasteiger partial charge < -0.3 is 10.3 Å². The minimum absolute atomic E-state index is 0.153. The summed E-state index contributed by atoms with van der Waals surface area (Å²) in [4.78, 5) is 4.23. The minimum atomic E-state index is 0.153. The molecule has 0 aliphatic heterocycles. The third-order valence-electron chi connectivity index (χ3n) is 3.12. The lowest BCUT2D eigenvalue weighted by atomic mass is 9.92. The van der Waals surface area contributed by atoms with Crippen molar-refractivity contribution in [2.24, 2.45) is 11.7 Å². The fraction of sp³-hybridized carbons (Fsp3) is 0.750. The van der Waals surface area contributed by atoms with Crippen LogP contribution in [-0.2, 0) is 12.0 Å². The van der Waals surface area contributed by atoms with E-state index in [1.807, 2.05) is 12.5 Å². The Balaban J connectivity index is 2.10. The molecular formula is C12H21N3. The molecule has 2 N–H and O–H groups in total.